The van der Waals surface area contributed by atoms with Crippen molar-refractivity contribution >= 4 is 11.6 Å². The summed E-state index contributed by atoms with van der Waals surface area (Å²) in [6, 6.07) is 20.3. The molecule has 0 saturated carbocycles. The van der Waals surface area contributed by atoms with Gasteiger partial charge in [0.05, 0.1) is 12.0 Å². The molecule has 0 spiro atoms. The molecule has 96 valence electrons. The first-order valence-electron chi connectivity index (χ1n) is 6.48. The third-order valence-corrected chi connectivity index (χ3v) is 3.48. The van der Waals surface area contributed by atoms with Crippen LogP contribution in [0.2, 0.25) is 5.02 Å². The summed E-state index contributed by atoms with van der Waals surface area (Å²) >= 11 is 5.86. The lowest BCUT2D eigenvalue weighted by Crippen LogP contribution is -1.97. The predicted molar refractivity (Wildman–Crippen MR) is 79.2 cm³/mol. The standard InChI is InChI=1S/C17H16ClN/c18-17-11-9-15(10-12-17)16(13-19)8-4-7-14-5-2-1-3-6-14/h1-3,5-6,9-12,16H,4,7-8H2. The van der Waals surface area contributed by atoms with E-state index in [1.54, 1.807) is 0 Å². The van der Waals surface area contributed by atoms with Crippen LogP contribution in [0.4, 0.5) is 0 Å². The van der Waals surface area contributed by atoms with E-state index in [0.717, 1.165) is 24.8 Å². The number of nitriles is 1. The average molecular weight is 270 g/mol. The van der Waals surface area contributed by atoms with Crippen molar-refractivity contribution in [1.29, 1.82) is 5.26 Å². The molecule has 0 aliphatic carbocycles. The van der Waals surface area contributed by atoms with Gasteiger partial charge in [-0.3, -0.25) is 0 Å². The van der Waals surface area contributed by atoms with Gasteiger partial charge in [-0.2, -0.15) is 5.26 Å². The Hall–Kier alpha value is -1.78. The molecule has 0 fully saturated rings. The lowest BCUT2D eigenvalue weighted by atomic mass is 9.94. The van der Waals surface area contributed by atoms with E-state index < -0.39 is 0 Å². The van der Waals surface area contributed by atoms with Crippen molar-refractivity contribution in [1.82, 2.24) is 0 Å². The first kappa shape index (κ1) is 13.6. The maximum Gasteiger partial charge on any atom is 0.0712 e. The van der Waals surface area contributed by atoms with Crippen LogP contribution in [-0.4, -0.2) is 0 Å². The third-order valence-electron chi connectivity index (χ3n) is 3.23. The van der Waals surface area contributed by atoms with Crippen LogP contribution in [-0.2, 0) is 6.42 Å². The zero-order valence-corrected chi connectivity index (χ0v) is 11.5. The van der Waals surface area contributed by atoms with E-state index in [4.69, 9.17) is 11.6 Å². The summed E-state index contributed by atoms with van der Waals surface area (Å²) in [6.07, 6.45) is 2.92. The van der Waals surface area contributed by atoms with Gasteiger partial charge in [0.15, 0.2) is 0 Å². The quantitative estimate of drug-likeness (QED) is 0.752. The summed E-state index contributed by atoms with van der Waals surface area (Å²) in [7, 11) is 0. The number of benzene rings is 2. The monoisotopic (exact) mass is 269 g/mol. The second-order valence-corrected chi connectivity index (χ2v) is 5.05. The number of nitrogens with zero attached hydrogens (tertiary/aromatic N) is 1. The highest BCUT2D eigenvalue weighted by Gasteiger charge is 2.10. The van der Waals surface area contributed by atoms with Gasteiger partial charge in [0.25, 0.3) is 0 Å². The molecule has 1 nitrogen and oxygen atoms in total. The summed E-state index contributed by atoms with van der Waals surface area (Å²) in [5.74, 6) is -0.0408. The Kier molecular flexibility index (Phi) is 5.01. The van der Waals surface area contributed by atoms with Crippen molar-refractivity contribution in [2.45, 2.75) is 25.2 Å². The predicted octanol–water partition coefficient (Wildman–Crippen LogP) is 4.97. The van der Waals surface area contributed by atoms with Crippen LogP contribution in [0.25, 0.3) is 0 Å². The first-order chi connectivity index (χ1) is 9.29. The number of aryl methyl sites for hydroxylation is 1. The number of rotatable bonds is 5. The molecule has 0 aliphatic rings. The minimum absolute atomic E-state index is 0.0408. The van der Waals surface area contributed by atoms with Gasteiger partial charge >= 0.3 is 0 Å². The highest BCUT2D eigenvalue weighted by Crippen LogP contribution is 2.23. The maximum atomic E-state index is 9.26. The van der Waals surface area contributed by atoms with E-state index in [0.29, 0.717) is 5.02 Å². The summed E-state index contributed by atoms with van der Waals surface area (Å²) in [6.45, 7) is 0. The van der Waals surface area contributed by atoms with E-state index in [-0.39, 0.29) is 5.92 Å². The molecule has 0 amide bonds. The van der Waals surface area contributed by atoms with Crippen LogP contribution in [0.5, 0.6) is 0 Å². The molecule has 1 unspecified atom stereocenters. The number of hydrogen-bond donors (Lipinski definition) is 0. The fourth-order valence-corrected chi connectivity index (χ4v) is 2.28. The van der Waals surface area contributed by atoms with Gasteiger partial charge in [-0.05, 0) is 42.5 Å². The maximum absolute atomic E-state index is 9.26. The Morgan fingerprint density at radius 2 is 1.68 bits per heavy atom. The minimum Gasteiger partial charge on any atom is -0.198 e. The van der Waals surface area contributed by atoms with E-state index >= 15 is 0 Å². The van der Waals surface area contributed by atoms with Gasteiger partial charge in [0, 0.05) is 5.02 Å². The van der Waals surface area contributed by atoms with E-state index in [1.165, 1.54) is 5.56 Å². The average Bonchev–Trinajstić information content (AvgIpc) is 2.46. The summed E-state index contributed by atoms with van der Waals surface area (Å²) in [4.78, 5) is 0. The number of halogens is 1. The van der Waals surface area contributed by atoms with Crippen molar-refractivity contribution in [2.24, 2.45) is 0 Å². The first-order valence-corrected chi connectivity index (χ1v) is 6.86. The zero-order chi connectivity index (χ0) is 13.5. The summed E-state index contributed by atoms with van der Waals surface area (Å²) in [5, 5.41) is 9.98. The van der Waals surface area contributed by atoms with Gasteiger partial charge in [-0.1, -0.05) is 54.1 Å². The van der Waals surface area contributed by atoms with E-state index in [9.17, 15) is 5.26 Å². The largest absolute Gasteiger partial charge is 0.198 e. The molecule has 0 saturated heterocycles. The zero-order valence-electron chi connectivity index (χ0n) is 10.7. The lowest BCUT2D eigenvalue weighted by Gasteiger charge is -2.09. The molecule has 0 aromatic heterocycles. The molecular weight excluding hydrogens is 254 g/mol. The van der Waals surface area contributed by atoms with Gasteiger partial charge in [-0.25, -0.2) is 0 Å². The summed E-state index contributed by atoms with van der Waals surface area (Å²) in [5.41, 5.74) is 2.38. The van der Waals surface area contributed by atoms with E-state index in [2.05, 4.69) is 30.3 Å². The fourth-order valence-electron chi connectivity index (χ4n) is 2.16. The fraction of sp³-hybridized carbons (Fsp3) is 0.235. The lowest BCUT2D eigenvalue weighted by molar-refractivity contribution is 0.684. The van der Waals surface area contributed by atoms with Crippen LogP contribution >= 0.6 is 11.6 Å². The molecule has 0 radical (unpaired) electrons. The Bertz CT molecular complexity index is 540. The SMILES string of the molecule is N#CC(CCCc1ccccc1)c1ccc(Cl)cc1. The van der Waals surface area contributed by atoms with Gasteiger partial charge in [-0.15, -0.1) is 0 Å². The Morgan fingerprint density at radius 1 is 1.00 bits per heavy atom. The van der Waals surface area contributed by atoms with Crippen molar-refractivity contribution < 1.29 is 0 Å². The molecule has 0 bridgehead atoms. The van der Waals surface area contributed by atoms with Crippen molar-refractivity contribution in [3.63, 3.8) is 0 Å². The topological polar surface area (TPSA) is 23.8 Å². The molecule has 0 N–H and O–H groups in total. The molecule has 0 heterocycles. The molecule has 1 atom stereocenters. The Labute approximate surface area is 119 Å². The van der Waals surface area contributed by atoms with Gasteiger partial charge in [0.2, 0.25) is 0 Å². The normalized spacial score (nSPS) is 11.8. The van der Waals surface area contributed by atoms with Crippen molar-refractivity contribution in [3.05, 3.63) is 70.7 Å². The van der Waals surface area contributed by atoms with Crippen LogP contribution in [0, 0.1) is 11.3 Å². The Balaban J connectivity index is 1.90. The second kappa shape index (κ2) is 6.97. The Morgan fingerprint density at radius 3 is 2.32 bits per heavy atom. The highest BCUT2D eigenvalue weighted by molar-refractivity contribution is 6.30. The minimum atomic E-state index is -0.0408. The molecule has 2 rings (SSSR count). The van der Waals surface area contributed by atoms with Crippen LogP contribution in [0.3, 0.4) is 0 Å². The molecule has 19 heavy (non-hydrogen) atoms. The molecule has 2 aromatic carbocycles. The van der Waals surface area contributed by atoms with Gasteiger partial charge in [0.1, 0.15) is 0 Å². The highest BCUT2D eigenvalue weighted by atomic mass is 35.5. The smallest absolute Gasteiger partial charge is 0.0712 e. The molecule has 2 heteroatoms. The second-order valence-electron chi connectivity index (χ2n) is 4.61. The van der Waals surface area contributed by atoms with E-state index in [1.807, 2.05) is 30.3 Å². The molecule has 0 aliphatic heterocycles. The molecule has 2 aromatic rings. The van der Waals surface area contributed by atoms with Crippen molar-refractivity contribution in [3.8, 4) is 6.07 Å². The van der Waals surface area contributed by atoms with Crippen LogP contribution < -0.4 is 0 Å². The number of hydrogen-bond acceptors (Lipinski definition) is 1. The molecular formula is C17H16ClN. The third kappa shape index (κ3) is 4.12. The van der Waals surface area contributed by atoms with Gasteiger partial charge < -0.3 is 0 Å². The van der Waals surface area contributed by atoms with Crippen LogP contribution in [0.15, 0.2) is 54.6 Å². The van der Waals surface area contributed by atoms with Crippen LogP contribution in [0.1, 0.15) is 29.9 Å². The summed E-state index contributed by atoms with van der Waals surface area (Å²) < 4.78 is 0. The van der Waals surface area contributed by atoms with Crippen molar-refractivity contribution in [2.75, 3.05) is 0 Å².